The van der Waals surface area contributed by atoms with E-state index in [4.69, 9.17) is 18.9 Å². The Labute approximate surface area is 232 Å². The van der Waals surface area contributed by atoms with Crippen molar-refractivity contribution >= 4 is 23.8 Å². The van der Waals surface area contributed by atoms with E-state index in [0.29, 0.717) is 29.2 Å². The van der Waals surface area contributed by atoms with Crippen molar-refractivity contribution in [3.8, 4) is 23.0 Å². The molecular weight excluding hydrogens is 508 g/mol. The van der Waals surface area contributed by atoms with Crippen molar-refractivity contribution in [2.24, 2.45) is 0 Å². The number of rotatable bonds is 11. The predicted molar refractivity (Wildman–Crippen MR) is 150 cm³/mol. The highest BCUT2D eigenvalue weighted by Crippen LogP contribution is 2.29. The summed E-state index contributed by atoms with van der Waals surface area (Å²) < 4.78 is 22.3. The van der Waals surface area contributed by atoms with Crippen molar-refractivity contribution in [2.45, 2.75) is 27.1 Å². The Morgan fingerprint density at radius 2 is 1.20 bits per heavy atom. The van der Waals surface area contributed by atoms with Crippen LogP contribution < -0.4 is 18.9 Å². The number of carbonyl (C=O) groups excluding carboxylic acids is 3. The molecule has 7 heteroatoms. The van der Waals surface area contributed by atoms with E-state index in [-0.39, 0.29) is 23.9 Å². The summed E-state index contributed by atoms with van der Waals surface area (Å²) in [6.07, 6.45) is 2.89. The van der Waals surface area contributed by atoms with Gasteiger partial charge in [-0.1, -0.05) is 60.7 Å². The van der Waals surface area contributed by atoms with Gasteiger partial charge < -0.3 is 18.9 Å². The number of carbonyl (C=O) groups is 3. The number of ether oxygens (including phenoxy) is 4. The van der Waals surface area contributed by atoms with Gasteiger partial charge in [0.15, 0.2) is 5.78 Å². The zero-order valence-corrected chi connectivity index (χ0v) is 22.2. The lowest BCUT2D eigenvalue weighted by Gasteiger charge is -2.13. The van der Waals surface area contributed by atoms with Crippen molar-refractivity contribution in [3.05, 3.63) is 125 Å². The third-order valence-corrected chi connectivity index (χ3v) is 5.62. The molecule has 40 heavy (non-hydrogen) atoms. The van der Waals surface area contributed by atoms with Crippen LogP contribution >= 0.6 is 0 Å². The molecule has 4 aromatic carbocycles. The van der Waals surface area contributed by atoms with Gasteiger partial charge in [-0.15, -0.1) is 0 Å². The molecule has 4 rings (SSSR count). The largest absolute Gasteiger partial charge is 0.489 e. The van der Waals surface area contributed by atoms with Gasteiger partial charge >= 0.3 is 11.9 Å². The number of ketones is 1. The molecule has 0 amide bonds. The van der Waals surface area contributed by atoms with Crippen molar-refractivity contribution < 1.29 is 33.3 Å². The summed E-state index contributed by atoms with van der Waals surface area (Å²) in [6.45, 7) is 3.16. The average molecular weight is 537 g/mol. The number of esters is 2. The Morgan fingerprint density at radius 3 is 1.82 bits per heavy atom. The quantitative estimate of drug-likeness (QED) is 0.0925. The first kappa shape index (κ1) is 27.9. The van der Waals surface area contributed by atoms with Gasteiger partial charge in [-0.05, 0) is 47.5 Å². The van der Waals surface area contributed by atoms with Gasteiger partial charge in [0.05, 0.1) is 5.56 Å². The minimum absolute atomic E-state index is 0.153. The number of benzene rings is 4. The van der Waals surface area contributed by atoms with Crippen LogP contribution in [-0.4, -0.2) is 17.7 Å². The first-order chi connectivity index (χ1) is 19.4. The Kier molecular flexibility index (Phi) is 9.45. The Hall–Kier alpha value is -5.17. The van der Waals surface area contributed by atoms with Crippen LogP contribution in [0.5, 0.6) is 23.0 Å². The highest BCUT2D eigenvalue weighted by atomic mass is 16.5. The lowest BCUT2D eigenvalue weighted by Crippen LogP contribution is -2.05. The molecule has 0 radical (unpaired) electrons. The molecule has 0 unspecified atom stereocenters. The zero-order chi connectivity index (χ0) is 28.3. The second-order valence-electron chi connectivity index (χ2n) is 8.79. The third kappa shape index (κ3) is 8.16. The van der Waals surface area contributed by atoms with E-state index < -0.39 is 11.9 Å². The van der Waals surface area contributed by atoms with Gasteiger partial charge in [0, 0.05) is 31.5 Å². The molecule has 0 N–H and O–H groups in total. The molecule has 0 spiro atoms. The molecule has 0 aromatic heterocycles. The Bertz CT molecular complexity index is 1510. The maximum Gasteiger partial charge on any atom is 0.308 e. The van der Waals surface area contributed by atoms with E-state index in [9.17, 15) is 14.4 Å². The second-order valence-corrected chi connectivity index (χ2v) is 8.79. The van der Waals surface area contributed by atoms with E-state index >= 15 is 0 Å². The molecule has 0 saturated carbocycles. The molecule has 0 atom stereocenters. The van der Waals surface area contributed by atoms with Crippen LogP contribution in [0.3, 0.4) is 0 Å². The molecule has 0 bridgehead atoms. The summed E-state index contributed by atoms with van der Waals surface area (Å²) in [4.78, 5) is 36.2. The van der Waals surface area contributed by atoms with Crippen molar-refractivity contribution in [2.75, 3.05) is 0 Å². The van der Waals surface area contributed by atoms with Gasteiger partial charge in [0.2, 0.25) is 0 Å². The summed E-state index contributed by atoms with van der Waals surface area (Å²) in [5.41, 5.74) is 2.76. The highest BCUT2D eigenvalue weighted by Gasteiger charge is 2.14. The van der Waals surface area contributed by atoms with E-state index in [1.165, 1.54) is 32.1 Å². The summed E-state index contributed by atoms with van der Waals surface area (Å²) in [6, 6.07) is 29.0. The number of hydrogen-bond donors (Lipinski definition) is 0. The monoisotopic (exact) mass is 536 g/mol. The summed E-state index contributed by atoms with van der Waals surface area (Å²) in [5.74, 6) is -0.0822. The first-order valence-electron chi connectivity index (χ1n) is 12.6. The average Bonchev–Trinajstić information content (AvgIpc) is 2.95. The molecule has 0 aliphatic heterocycles. The minimum atomic E-state index is -0.552. The van der Waals surface area contributed by atoms with Gasteiger partial charge in [0.1, 0.15) is 36.2 Å². The van der Waals surface area contributed by atoms with Crippen LogP contribution in [0.25, 0.3) is 6.08 Å². The maximum absolute atomic E-state index is 13.3. The van der Waals surface area contributed by atoms with E-state index in [2.05, 4.69) is 0 Å². The van der Waals surface area contributed by atoms with Crippen molar-refractivity contribution in [1.82, 2.24) is 0 Å². The van der Waals surface area contributed by atoms with Crippen molar-refractivity contribution in [1.29, 1.82) is 0 Å². The normalized spacial score (nSPS) is 10.7. The summed E-state index contributed by atoms with van der Waals surface area (Å²) in [5, 5.41) is 0. The first-order valence-corrected chi connectivity index (χ1v) is 12.6. The van der Waals surface area contributed by atoms with Crippen LogP contribution in [0.2, 0.25) is 0 Å². The molecule has 0 saturated heterocycles. The molecule has 7 nitrogen and oxygen atoms in total. The third-order valence-electron chi connectivity index (χ3n) is 5.62. The van der Waals surface area contributed by atoms with Gasteiger partial charge in [-0.2, -0.15) is 0 Å². The highest BCUT2D eigenvalue weighted by molar-refractivity contribution is 6.09. The van der Waals surface area contributed by atoms with E-state index in [1.807, 2.05) is 60.7 Å². The molecule has 0 aliphatic rings. The second kappa shape index (κ2) is 13.6. The SMILES string of the molecule is CC(=O)Oc1ccc(C=CC(=O)c2ccc(OCc3ccccc3)cc2OCc2ccccc2)c(OC(C)=O)c1. The number of hydrogen-bond acceptors (Lipinski definition) is 7. The maximum atomic E-state index is 13.3. The molecule has 0 heterocycles. The van der Waals surface area contributed by atoms with E-state index in [1.54, 1.807) is 30.3 Å². The molecule has 0 fully saturated rings. The fourth-order valence-electron chi connectivity index (χ4n) is 3.77. The summed E-state index contributed by atoms with van der Waals surface area (Å²) in [7, 11) is 0. The number of allylic oxidation sites excluding steroid dienone is 1. The topological polar surface area (TPSA) is 88.1 Å². The van der Waals surface area contributed by atoms with Crippen molar-refractivity contribution in [3.63, 3.8) is 0 Å². The fourth-order valence-corrected chi connectivity index (χ4v) is 3.77. The predicted octanol–water partition coefficient (Wildman–Crippen LogP) is 6.59. The minimum Gasteiger partial charge on any atom is -0.489 e. The van der Waals surface area contributed by atoms with Crippen LogP contribution in [0.4, 0.5) is 0 Å². The lowest BCUT2D eigenvalue weighted by molar-refractivity contribution is -0.132. The standard InChI is InChI=1S/C33H28O7/c1-23(34)39-29-15-13-27(32(20-29)40-24(2)35)14-18-31(36)30-17-16-28(37-21-25-9-5-3-6-10-25)19-33(30)38-22-26-11-7-4-8-12-26/h3-20H,21-22H2,1-2H3. The molecule has 202 valence electrons. The fraction of sp³-hybridized carbons (Fsp3) is 0.121. The lowest BCUT2D eigenvalue weighted by atomic mass is 10.1. The zero-order valence-electron chi connectivity index (χ0n) is 22.2. The van der Waals surface area contributed by atoms with Crippen LogP contribution in [-0.2, 0) is 22.8 Å². The molecular formula is C33H28O7. The van der Waals surface area contributed by atoms with Gasteiger partial charge in [-0.25, -0.2) is 0 Å². The molecule has 0 aliphatic carbocycles. The van der Waals surface area contributed by atoms with Crippen LogP contribution in [0.1, 0.15) is 40.9 Å². The van der Waals surface area contributed by atoms with Gasteiger partial charge in [0.25, 0.3) is 0 Å². The van der Waals surface area contributed by atoms with Gasteiger partial charge in [-0.3, -0.25) is 14.4 Å². The Balaban J connectivity index is 1.58. The summed E-state index contributed by atoms with van der Waals surface area (Å²) >= 11 is 0. The van der Waals surface area contributed by atoms with E-state index in [0.717, 1.165) is 11.1 Å². The molecule has 4 aromatic rings. The Morgan fingerprint density at radius 1 is 0.625 bits per heavy atom. The van der Waals surface area contributed by atoms with Crippen LogP contribution in [0.15, 0.2) is 103 Å². The smallest absolute Gasteiger partial charge is 0.308 e. The van der Waals surface area contributed by atoms with Crippen LogP contribution in [0, 0.1) is 0 Å².